The van der Waals surface area contributed by atoms with Crippen molar-refractivity contribution in [3.63, 3.8) is 0 Å². The summed E-state index contributed by atoms with van der Waals surface area (Å²) in [6.45, 7) is 4.19. The zero-order valence-corrected chi connectivity index (χ0v) is 14.3. The zero-order chi connectivity index (χ0) is 16.2. The molecule has 0 amide bonds. The maximum atomic E-state index is 5.26. The fourth-order valence-electron chi connectivity index (χ4n) is 2.29. The van der Waals surface area contributed by atoms with Crippen LogP contribution in [0, 0.1) is 13.8 Å². The second kappa shape index (κ2) is 6.87. The molecular formula is C18H19N3OS. The van der Waals surface area contributed by atoms with E-state index in [2.05, 4.69) is 35.4 Å². The van der Waals surface area contributed by atoms with Crippen molar-refractivity contribution in [1.29, 1.82) is 0 Å². The molecule has 0 fully saturated rings. The van der Waals surface area contributed by atoms with E-state index in [4.69, 9.17) is 4.74 Å². The maximum Gasteiger partial charge on any atom is 0.182 e. The molecule has 1 heterocycles. The quantitative estimate of drug-likeness (QED) is 0.926. The molecule has 0 saturated heterocycles. The van der Waals surface area contributed by atoms with Gasteiger partial charge >= 0.3 is 0 Å². The number of aryl methyl sites for hydroxylation is 1. The second-order valence-electron chi connectivity index (χ2n) is 5.33. The highest BCUT2D eigenvalue weighted by Crippen LogP contribution is 2.24. The van der Waals surface area contributed by atoms with Gasteiger partial charge in [0, 0.05) is 11.3 Å². The summed E-state index contributed by atoms with van der Waals surface area (Å²) in [6.07, 6.45) is 0. The molecule has 5 heteroatoms. The van der Waals surface area contributed by atoms with E-state index in [1.54, 1.807) is 18.9 Å². The fourth-order valence-corrected chi connectivity index (χ4v) is 3.07. The Balaban J connectivity index is 1.80. The van der Waals surface area contributed by atoms with Crippen molar-refractivity contribution in [2.24, 2.45) is 10.1 Å². The summed E-state index contributed by atoms with van der Waals surface area (Å²) in [6, 6.07) is 14.1. The topological polar surface area (TPSA) is 46.0 Å². The van der Waals surface area contributed by atoms with Crippen molar-refractivity contribution in [2.45, 2.75) is 13.8 Å². The Bertz CT molecular complexity index is 784. The molecule has 0 bridgehead atoms. The van der Waals surface area contributed by atoms with Crippen molar-refractivity contribution in [2.75, 3.05) is 12.9 Å². The van der Waals surface area contributed by atoms with Gasteiger partial charge < -0.3 is 4.74 Å². The third-order valence-corrected chi connectivity index (χ3v) is 4.71. The van der Waals surface area contributed by atoms with Crippen LogP contribution in [0.2, 0.25) is 0 Å². The summed E-state index contributed by atoms with van der Waals surface area (Å²) in [5, 5.41) is 5.29. The molecule has 0 unspecified atom stereocenters. The number of hydrogen-bond acceptors (Lipinski definition) is 4. The summed E-state index contributed by atoms with van der Waals surface area (Å²) < 4.78 is 5.26. The molecule has 2 aromatic rings. The number of hydrazone groups is 1. The average Bonchev–Trinajstić information content (AvgIpc) is 2.60. The Labute approximate surface area is 140 Å². The Kier molecular flexibility index (Phi) is 4.67. The summed E-state index contributed by atoms with van der Waals surface area (Å²) in [4.78, 5) is 4.68. The molecule has 2 aromatic carbocycles. The summed E-state index contributed by atoms with van der Waals surface area (Å²) in [7, 11) is 1.67. The maximum absolute atomic E-state index is 5.26. The molecule has 118 valence electrons. The standard InChI is InChI=1S/C18H19N3OS/c1-12-6-4-9-16(13(12)2)19-18-21-20-17(11-23-18)14-7-5-8-15(10-14)22-3/h4-10H,11H2,1-3H3,(H,19,21). The van der Waals surface area contributed by atoms with Crippen molar-refractivity contribution < 1.29 is 4.74 Å². The monoisotopic (exact) mass is 325 g/mol. The number of nitrogens with one attached hydrogen (secondary N) is 1. The highest BCUT2D eigenvalue weighted by atomic mass is 32.2. The fraction of sp³-hybridized carbons (Fsp3) is 0.222. The first kappa shape index (κ1) is 15.6. The van der Waals surface area contributed by atoms with E-state index in [-0.39, 0.29) is 0 Å². The lowest BCUT2D eigenvalue weighted by Crippen LogP contribution is -2.25. The van der Waals surface area contributed by atoms with Crippen LogP contribution in [0.1, 0.15) is 16.7 Å². The average molecular weight is 325 g/mol. The molecule has 4 nitrogen and oxygen atoms in total. The van der Waals surface area contributed by atoms with E-state index in [1.165, 1.54) is 11.1 Å². The molecule has 1 aliphatic rings. The van der Waals surface area contributed by atoms with Crippen molar-refractivity contribution in [1.82, 2.24) is 5.43 Å². The van der Waals surface area contributed by atoms with Gasteiger partial charge in [0.2, 0.25) is 0 Å². The van der Waals surface area contributed by atoms with E-state index >= 15 is 0 Å². The molecule has 0 spiro atoms. The van der Waals surface area contributed by atoms with E-state index in [1.807, 2.05) is 36.4 Å². The number of methoxy groups -OCH3 is 1. The lowest BCUT2D eigenvalue weighted by atomic mass is 10.1. The summed E-state index contributed by atoms with van der Waals surface area (Å²) >= 11 is 1.66. The smallest absolute Gasteiger partial charge is 0.182 e. The number of aliphatic imine (C=N–C) groups is 1. The molecule has 0 saturated carbocycles. The second-order valence-corrected chi connectivity index (χ2v) is 6.29. The van der Waals surface area contributed by atoms with Gasteiger partial charge in [0.05, 0.1) is 18.5 Å². The van der Waals surface area contributed by atoms with E-state index in [9.17, 15) is 0 Å². The predicted molar refractivity (Wildman–Crippen MR) is 98.1 cm³/mol. The predicted octanol–water partition coefficient (Wildman–Crippen LogP) is 4.04. The van der Waals surface area contributed by atoms with Crippen LogP contribution in [0.4, 0.5) is 5.69 Å². The Morgan fingerprint density at radius 1 is 1.17 bits per heavy atom. The summed E-state index contributed by atoms with van der Waals surface area (Å²) in [5.74, 6) is 1.62. The van der Waals surface area contributed by atoms with Crippen LogP contribution in [0.25, 0.3) is 0 Å². The van der Waals surface area contributed by atoms with Crippen LogP contribution in [0.15, 0.2) is 52.6 Å². The molecule has 0 aliphatic carbocycles. The Morgan fingerprint density at radius 2 is 2.00 bits per heavy atom. The SMILES string of the molecule is COc1cccc(C2=NNC(=Nc3cccc(C)c3C)SC2)c1. The number of nitrogens with zero attached hydrogens (tertiary/aromatic N) is 2. The minimum Gasteiger partial charge on any atom is -0.497 e. The number of rotatable bonds is 3. The Morgan fingerprint density at radius 3 is 2.74 bits per heavy atom. The minimum atomic E-state index is 0.782. The summed E-state index contributed by atoms with van der Waals surface area (Å²) in [5.41, 5.74) is 8.55. The lowest BCUT2D eigenvalue weighted by Gasteiger charge is -2.16. The minimum absolute atomic E-state index is 0.782. The van der Waals surface area contributed by atoms with Crippen molar-refractivity contribution in [3.8, 4) is 5.75 Å². The zero-order valence-electron chi connectivity index (χ0n) is 13.5. The molecule has 1 N–H and O–H groups in total. The van der Waals surface area contributed by atoms with Gasteiger partial charge in [0.1, 0.15) is 5.75 Å². The van der Waals surface area contributed by atoms with Crippen molar-refractivity contribution in [3.05, 3.63) is 59.2 Å². The van der Waals surface area contributed by atoms with Gasteiger partial charge in [0.25, 0.3) is 0 Å². The molecule has 3 rings (SSSR count). The lowest BCUT2D eigenvalue weighted by molar-refractivity contribution is 0.414. The first-order valence-electron chi connectivity index (χ1n) is 7.42. The molecule has 23 heavy (non-hydrogen) atoms. The van der Waals surface area contributed by atoms with Crippen molar-refractivity contribution >= 4 is 28.3 Å². The molecule has 0 radical (unpaired) electrons. The normalized spacial score (nSPS) is 16.0. The first-order chi connectivity index (χ1) is 11.2. The number of ether oxygens (including phenoxy) is 1. The number of thioether (sulfide) groups is 1. The molecule has 0 aromatic heterocycles. The van der Waals surface area contributed by atoms with E-state index in [0.717, 1.165) is 33.6 Å². The molecular weight excluding hydrogens is 306 g/mol. The van der Waals surface area contributed by atoms with Gasteiger partial charge in [0.15, 0.2) is 5.17 Å². The van der Waals surface area contributed by atoms with Gasteiger partial charge in [-0.05, 0) is 43.2 Å². The Hall–Kier alpha value is -2.27. The van der Waals surface area contributed by atoms with Gasteiger partial charge in [-0.15, -0.1) is 0 Å². The van der Waals surface area contributed by atoms with Gasteiger partial charge in [-0.25, -0.2) is 4.99 Å². The van der Waals surface area contributed by atoms with Gasteiger partial charge in [-0.1, -0.05) is 36.0 Å². The molecule has 0 atom stereocenters. The van der Waals surface area contributed by atoms with Crippen LogP contribution >= 0.6 is 11.8 Å². The van der Waals surface area contributed by atoms with Crippen LogP contribution in [-0.4, -0.2) is 23.7 Å². The molecule has 1 aliphatic heterocycles. The number of amidine groups is 1. The number of benzene rings is 2. The van der Waals surface area contributed by atoms with Crippen LogP contribution < -0.4 is 10.2 Å². The van der Waals surface area contributed by atoms with Crippen LogP contribution in [0.5, 0.6) is 5.75 Å². The van der Waals surface area contributed by atoms with Gasteiger partial charge in [-0.3, -0.25) is 5.43 Å². The number of hydrogen-bond donors (Lipinski definition) is 1. The van der Waals surface area contributed by atoms with E-state index in [0.29, 0.717) is 0 Å². The van der Waals surface area contributed by atoms with Crippen LogP contribution in [0.3, 0.4) is 0 Å². The van der Waals surface area contributed by atoms with E-state index < -0.39 is 0 Å². The largest absolute Gasteiger partial charge is 0.497 e. The van der Waals surface area contributed by atoms with Crippen LogP contribution in [-0.2, 0) is 0 Å². The first-order valence-corrected chi connectivity index (χ1v) is 8.40. The highest BCUT2D eigenvalue weighted by molar-refractivity contribution is 8.14. The van der Waals surface area contributed by atoms with Gasteiger partial charge in [-0.2, -0.15) is 5.10 Å². The third kappa shape index (κ3) is 3.56. The highest BCUT2D eigenvalue weighted by Gasteiger charge is 2.14. The third-order valence-electron chi connectivity index (χ3n) is 3.83.